The van der Waals surface area contributed by atoms with Crippen LogP contribution in [0.1, 0.15) is 12.0 Å². The molecule has 6 nitrogen and oxygen atoms in total. The van der Waals surface area contributed by atoms with Crippen LogP contribution < -0.4 is 10.2 Å². The second-order valence-corrected chi connectivity index (χ2v) is 6.32. The molecule has 4 rings (SSSR count). The molecule has 2 heterocycles. The lowest BCUT2D eigenvalue weighted by Crippen LogP contribution is -2.32. The molecular weight excluding hydrogens is 335 g/mol. The number of carbonyl (C=O) groups is 2. The van der Waals surface area contributed by atoms with Crippen LogP contribution >= 0.6 is 0 Å². The van der Waals surface area contributed by atoms with Gasteiger partial charge in [0.2, 0.25) is 11.8 Å². The summed E-state index contributed by atoms with van der Waals surface area (Å²) in [6, 6.07) is 14.2. The Bertz CT molecular complexity index is 970. The molecule has 26 heavy (non-hydrogen) atoms. The zero-order chi connectivity index (χ0) is 18.1. The van der Waals surface area contributed by atoms with E-state index in [2.05, 4.69) is 15.5 Å². The molecule has 2 N–H and O–H groups in total. The van der Waals surface area contributed by atoms with Crippen molar-refractivity contribution in [3.8, 4) is 0 Å². The number of amides is 2. The molecule has 0 bridgehead atoms. The second kappa shape index (κ2) is 6.59. The summed E-state index contributed by atoms with van der Waals surface area (Å²) in [6.45, 7) is 0.595. The van der Waals surface area contributed by atoms with Crippen molar-refractivity contribution in [2.45, 2.75) is 13.0 Å². The number of rotatable bonds is 4. The fourth-order valence-electron chi connectivity index (χ4n) is 3.23. The third kappa shape index (κ3) is 2.92. The molecule has 0 radical (unpaired) electrons. The molecule has 1 aliphatic rings. The van der Waals surface area contributed by atoms with E-state index in [-0.39, 0.29) is 36.0 Å². The van der Waals surface area contributed by atoms with Gasteiger partial charge < -0.3 is 5.32 Å². The third-order valence-electron chi connectivity index (χ3n) is 4.58. The van der Waals surface area contributed by atoms with Crippen molar-refractivity contribution >= 4 is 28.5 Å². The number of hydrogen-bond donors (Lipinski definition) is 2. The largest absolute Gasteiger partial charge is 0.352 e. The predicted octanol–water partition coefficient (Wildman–Crippen LogP) is 2.37. The number of carbonyl (C=O) groups excluding carboxylic acids is 2. The number of halogens is 1. The first-order valence-corrected chi connectivity index (χ1v) is 8.38. The topological polar surface area (TPSA) is 78.1 Å². The molecule has 1 atom stereocenters. The van der Waals surface area contributed by atoms with Gasteiger partial charge in [-0.1, -0.05) is 36.4 Å². The lowest BCUT2D eigenvalue weighted by molar-refractivity contribution is -0.126. The summed E-state index contributed by atoms with van der Waals surface area (Å²) in [6.07, 6.45) is 0.0867. The maximum absolute atomic E-state index is 14.1. The van der Waals surface area contributed by atoms with E-state index in [1.807, 2.05) is 30.3 Å². The van der Waals surface area contributed by atoms with E-state index in [0.29, 0.717) is 12.1 Å². The highest BCUT2D eigenvalue weighted by Crippen LogP contribution is 2.31. The fourth-order valence-corrected chi connectivity index (χ4v) is 3.23. The molecule has 1 aliphatic heterocycles. The van der Waals surface area contributed by atoms with Crippen molar-refractivity contribution < 1.29 is 14.0 Å². The Kier molecular flexibility index (Phi) is 4.12. The highest BCUT2D eigenvalue weighted by Gasteiger charge is 2.37. The van der Waals surface area contributed by atoms with Gasteiger partial charge in [0.05, 0.1) is 16.8 Å². The van der Waals surface area contributed by atoms with Gasteiger partial charge in [-0.05, 0) is 17.7 Å². The standard InChI is InChI=1S/C19H17FN4O2/c20-14-7-4-8-15-17(14)18(23-22-15)24-11-13(9-16(24)25)19(26)21-10-12-5-2-1-3-6-12/h1-8,13H,9-11H2,(H,21,26)(H,22,23)/t13-/m1/s1. The van der Waals surface area contributed by atoms with Crippen LogP contribution in [0.25, 0.3) is 10.9 Å². The Balaban J connectivity index is 1.49. The summed E-state index contributed by atoms with van der Waals surface area (Å²) in [5, 5.41) is 9.94. The van der Waals surface area contributed by atoms with Crippen molar-refractivity contribution in [3.63, 3.8) is 0 Å². The molecule has 2 amide bonds. The number of H-pyrrole nitrogens is 1. The molecule has 132 valence electrons. The average Bonchev–Trinajstić information content (AvgIpc) is 3.25. The summed E-state index contributed by atoms with van der Waals surface area (Å²) < 4.78 is 14.1. The van der Waals surface area contributed by atoms with Crippen molar-refractivity contribution in [1.29, 1.82) is 0 Å². The Morgan fingerprint density at radius 1 is 1.23 bits per heavy atom. The molecule has 1 saturated heterocycles. The third-order valence-corrected chi connectivity index (χ3v) is 4.58. The zero-order valence-corrected chi connectivity index (χ0v) is 13.9. The minimum atomic E-state index is -0.482. The number of fused-ring (bicyclic) bond motifs is 1. The lowest BCUT2D eigenvalue weighted by atomic mass is 10.1. The van der Waals surface area contributed by atoms with Gasteiger partial charge in [0.1, 0.15) is 5.82 Å². The van der Waals surface area contributed by atoms with Crippen LogP contribution in [0, 0.1) is 11.7 Å². The maximum atomic E-state index is 14.1. The maximum Gasteiger partial charge on any atom is 0.229 e. The number of aromatic amines is 1. The van der Waals surface area contributed by atoms with Gasteiger partial charge in [-0.15, -0.1) is 0 Å². The van der Waals surface area contributed by atoms with Crippen LogP contribution in [0.2, 0.25) is 0 Å². The Labute approximate surface area is 149 Å². The van der Waals surface area contributed by atoms with E-state index in [9.17, 15) is 14.0 Å². The number of aromatic nitrogens is 2. The molecule has 1 fully saturated rings. The SMILES string of the molecule is O=C(NCc1ccccc1)[C@@H]1CC(=O)N(c2n[nH]c3cccc(F)c23)C1. The quantitative estimate of drug-likeness (QED) is 0.757. The van der Waals surface area contributed by atoms with E-state index in [4.69, 9.17) is 0 Å². The molecule has 3 aromatic rings. The predicted molar refractivity (Wildman–Crippen MR) is 94.8 cm³/mol. The highest BCUT2D eigenvalue weighted by atomic mass is 19.1. The highest BCUT2D eigenvalue weighted by molar-refractivity contribution is 6.05. The van der Waals surface area contributed by atoms with Crippen molar-refractivity contribution in [2.75, 3.05) is 11.4 Å². The number of anilines is 1. The van der Waals surface area contributed by atoms with Crippen LogP contribution in [0.3, 0.4) is 0 Å². The van der Waals surface area contributed by atoms with Crippen molar-refractivity contribution in [1.82, 2.24) is 15.5 Å². The van der Waals surface area contributed by atoms with Gasteiger partial charge in [-0.2, -0.15) is 5.10 Å². The Hall–Kier alpha value is -3.22. The van der Waals surface area contributed by atoms with Crippen molar-refractivity contribution in [3.05, 3.63) is 59.9 Å². The Morgan fingerprint density at radius 3 is 2.85 bits per heavy atom. The lowest BCUT2D eigenvalue weighted by Gasteiger charge is -2.14. The summed E-state index contributed by atoms with van der Waals surface area (Å²) in [4.78, 5) is 26.2. The second-order valence-electron chi connectivity index (χ2n) is 6.32. The molecule has 0 saturated carbocycles. The summed E-state index contributed by atoms with van der Waals surface area (Å²) in [5.74, 6) is -1.12. The number of nitrogens with one attached hydrogen (secondary N) is 2. The van der Waals surface area contributed by atoms with E-state index in [1.165, 1.54) is 11.0 Å². The van der Waals surface area contributed by atoms with Crippen LogP contribution in [-0.4, -0.2) is 28.6 Å². The van der Waals surface area contributed by atoms with Gasteiger partial charge in [-0.3, -0.25) is 19.6 Å². The first-order chi connectivity index (χ1) is 12.6. The van der Waals surface area contributed by atoms with E-state index in [0.717, 1.165) is 5.56 Å². The van der Waals surface area contributed by atoms with Crippen LogP contribution in [0.4, 0.5) is 10.2 Å². The molecule has 1 aromatic heterocycles. The molecule has 0 unspecified atom stereocenters. The van der Waals surface area contributed by atoms with Crippen LogP contribution in [0.15, 0.2) is 48.5 Å². The fraction of sp³-hybridized carbons (Fsp3) is 0.211. The molecule has 0 aliphatic carbocycles. The normalized spacial score (nSPS) is 17.0. The van der Waals surface area contributed by atoms with E-state index in [1.54, 1.807) is 12.1 Å². The van der Waals surface area contributed by atoms with Gasteiger partial charge in [-0.25, -0.2) is 4.39 Å². The smallest absolute Gasteiger partial charge is 0.229 e. The molecule has 7 heteroatoms. The van der Waals surface area contributed by atoms with E-state index < -0.39 is 11.7 Å². The molecular formula is C19H17FN4O2. The minimum Gasteiger partial charge on any atom is -0.352 e. The van der Waals surface area contributed by atoms with Gasteiger partial charge in [0.25, 0.3) is 0 Å². The van der Waals surface area contributed by atoms with Crippen molar-refractivity contribution in [2.24, 2.45) is 5.92 Å². The molecule has 2 aromatic carbocycles. The van der Waals surface area contributed by atoms with Crippen LogP contribution in [0.5, 0.6) is 0 Å². The minimum absolute atomic E-state index is 0.0867. The summed E-state index contributed by atoms with van der Waals surface area (Å²) >= 11 is 0. The zero-order valence-electron chi connectivity index (χ0n) is 13.9. The number of hydrogen-bond acceptors (Lipinski definition) is 3. The first kappa shape index (κ1) is 16.3. The summed E-state index contributed by atoms with van der Waals surface area (Å²) in [7, 11) is 0. The number of nitrogens with zero attached hydrogens (tertiary/aromatic N) is 2. The Morgan fingerprint density at radius 2 is 2.04 bits per heavy atom. The first-order valence-electron chi connectivity index (χ1n) is 8.38. The molecule has 0 spiro atoms. The van der Waals surface area contributed by atoms with E-state index >= 15 is 0 Å². The van der Waals surface area contributed by atoms with Gasteiger partial charge in [0.15, 0.2) is 5.82 Å². The van der Waals surface area contributed by atoms with Gasteiger partial charge in [0, 0.05) is 19.5 Å². The average molecular weight is 352 g/mol. The monoisotopic (exact) mass is 352 g/mol. The summed E-state index contributed by atoms with van der Waals surface area (Å²) in [5.41, 5.74) is 1.51. The van der Waals surface area contributed by atoms with Gasteiger partial charge >= 0.3 is 0 Å². The number of benzene rings is 2. The van der Waals surface area contributed by atoms with Crippen LogP contribution in [-0.2, 0) is 16.1 Å².